The first-order chi connectivity index (χ1) is 12.0. The first-order valence-electron chi connectivity index (χ1n) is 8.17. The highest BCUT2D eigenvalue weighted by Crippen LogP contribution is 2.15. The number of rotatable bonds is 7. The molecule has 2 N–H and O–H groups in total. The van der Waals surface area contributed by atoms with Crippen molar-refractivity contribution in [3.8, 4) is 0 Å². The van der Waals surface area contributed by atoms with Gasteiger partial charge in [0.05, 0.1) is 9.79 Å². The van der Waals surface area contributed by atoms with E-state index in [0.29, 0.717) is 0 Å². The standard InChI is InChI=1S/C18H24N2O4S2/c1-13-5-7-17(11-15(13)3)25(21,22)19-9-10-20-26(23,24)18-8-6-14(2)16(4)12-18/h5-8,11-12,19-20H,9-10H2,1-4H3. The van der Waals surface area contributed by atoms with Crippen LogP contribution in [0.15, 0.2) is 46.2 Å². The molecule has 0 amide bonds. The average molecular weight is 397 g/mol. The Morgan fingerprint density at radius 3 is 1.27 bits per heavy atom. The van der Waals surface area contributed by atoms with E-state index in [1.165, 1.54) is 12.1 Å². The van der Waals surface area contributed by atoms with Crippen LogP contribution >= 0.6 is 0 Å². The van der Waals surface area contributed by atoms with Crippen LogP contribution in [0.4, 0.5) is 0 Å². The van der Waals surface area contributed by atoms with Gasteiger partial charge in [0.2, 0.25) is 20.0 Å². The lowest BCUT2D eigenvalue weighted by molar-refractivity contribution is 0.570. The quantitative estimate of drug-likeness (QED) is 0.702. The Labute approximate surface area is 155 Å². The first kappa shape index (κ1) is 20.6. The lowest BCUT2D eigenvalue weighted by atomic mass is 10.1. The molecule has 8 heteroatoms. The van der Waals surface area contributed by atoms with Crippen LogP contribution in [0.1, 0.15) is 22.3 Å². The molecule has 0 heterocycles. The number of aryl methyl sites for hydroxylation is 4. The second-order valence-corrected chi connectivity index (χ2v) is 9.82. The fraction of sp³-hybridized carbons (Fsp3) is 0.333. The SMILES string of the molecule is Cc1ccc(S(=O)(=O)NCCNS(=O)(=O)c2ccc(C)c(C)c2)cc1C. The Morgan fingerprint density at radius 1 is 0.615 bits per heavy atom. The molecule has 2 aromatic rings. The zero-order valence-electron chi connectivity index (χ0n) is 15.3. The van der Waals surface area contributed by atoms with Crippen LogP contribution in [0.3, 0.4) is 0 Å². The largest absolute Gasteiger partial charge is 0.240 e. The molecule has 0 aliphatic heterocycles. The molecule has 142 valence electrons. The summed E-state index contributed by atoms with van der Waals surface area (Å²) >= 11 is 0. The molecule has 0 radical (unpaired) electrons. The third kappa shape index (κ3) is 4.91. The van der Waals surface area contributed by atoms with Gasteiger partial charge < -0.3 is 0 Å². The van der Waals surface area contributed by atoms with Crippen molar-refractivity contribution in [3.63, 3.8) is 0 Å². The zero-order valence-corrected chi connectivity index (χ0v) is 17.0. The maximum Gasteiger partial charge on any atom is 0.240 e. The third-order valence-electron chi connectivity index (χ3n) is 4.29. The second-order valence-electron chi connectivity index (χ2n) is 6.29. The Balaban J connectivity index is 1.98. The van der Waals surface area contributed by atoms with E-state index in [2.05, 4.69) is 9.44 Å². The minimum Gasteiger partial charge on any atom is -0.210 e. The molecule has 0 unspecified atom stereocenters. The van der Waals surface area contributed by atoms with E-state index in [1.807, 2.05) is 27.7 Å². The summed E-state index contributed by atoms with van der Waals surface area (Å²) in [6.45, 7) is 7.40. The summed E-state index contributed by atoms with van der Waals surface area (Å²) in [6.07, 6.45) is 0. The topological polar surface area (TPSA) is 92.3 Å². The first-order valence-corrected chi connectivity index (χ1v) is 11.1. The van der Waals surface area contributed by atoms with Gasteiger partial charge in [0.1, 0.15) is 0 Å². The van der Waals surface area contributed by atoms with Crippen molar-refractivity contribution in [2.45, 2.75) is 37.5 Å². The third-order valence-corrected chi connectivity index (χ3v) is 7.20. The predicted octanol–water partition coefficient (Wildman–Crippen LogP) is 2.18. The highest BCUT2D eigenvalue weighted by atomic mass is 32.2. The van der Waals surface area contributed by atoms with Crippen molar-refractivity contribution in [3.05, 3.63) is 58.7 Å². The van der Waals surface area contributed by atoms with Crippen molar-refractivity contribution in [1.82, 2.24) is 9.44 Å². The summed E-state index contributed by atoms with van der Waals surface area (Å²) in [7, 11) is -7.36. The highest BCUT2D eigenvalue weighted by molar-refractivity contribution is 7.89. The zero-order chi connectivity index (χ0) is 19.5. The monoisotopic (exact) mass is 396 g/mol. The van der Waals surface area contributed by atoms with Gasteiger partial charge >= 0.3 is 0 Å². The molecule has 26 heavy (non-hydrogen) atoms. The van der Waals surface area contributed by atoms with Gasteiger partial charge in [-0.25, -0.2) is 26.3 Å². The fourth-order valence-corrected chi connectivity index (χ4v) is 4.53. The molecule has 0 aliphatic carbocycles. The van der Waals surface area contributed by atoms with Crippen LogP contribution in [-0.2, 0) is 20.0 Å². The summed E-state index contributed by atoms with van der Waals surface area (Å²) in [5, 5.41) is 0. The average Bonchev–Trinajstić information content (AvgIpc) is 2.56. The van der Waals surface area contributed by atoms with Crippen molar-refractivity contribution < 1.29 is 16.8 Å². The lowest BCUT2D eigenvalue weighted by Gasteiger charge is -2.11. The summed E-state index contributed by atoms with van der Waals surface area (Å²) < 4.78 is 54.0. The molecule has 0 aromatic heterocycles. The molecule has 0 bridgehead atoms. The van der Waals surface area contributed by atoms with Gasteiger partial charge in [-0.15, -0.1) is 0 Å². The van der Waals surface area contributed by atoms with E-state index in [1.54, 1.807) is 24.3 Å². The van der Waals surface area contributed by atoms with Crippen LogP contribution in [0.5, 0.6) is 0 Å². The molecular weight excluding hydrogens is 372 g/mol. The normalized spacial score (nSPS) is 12.3. The van der Waals surface area contributed by atoms with Crippen LogP contribution in [-0.4, -0.2) is 29.9 Å². The van der Waals surface area contributed by atoms with Gasteiger partial charge in [-0.3, -0.25) is 0 Å². The van der Waals surface area contributed by atoms with Crippen LogP contribution in [0.2, 0.25) is 0 Å². The van der Waals surface area contributed by atoms with Crippen molar-refractivity contribution >= 4 is 20.0 Å². The van der Waals surface area contributed by atoms with E-state index in [9.17, 15) is 16.8 Å². The number of hydrogen-bond donors (Lipinski definition) is 2. The maximum absolute atomic E-state index is 12.3. The molecule has 2 aromatic carbocycles. The molecule has 0 fully saturated rings. The van der Waals surface area contributed by atoms with E-state index >= 15 is 0 Å². The summed E-state index contributed by atoms with van der Waals surface area (Å²) in [5.41, 5.74) is 3.77. The van der Waals surface area contributed by atoms with Crippen molar-refractivity contribution in [1.29, 1.82) is 0 Å². The smallest absolute Gasteiger partial charge is 0.210 e. The van der Waals surface area contributed by atoms with Crippen LogP contribution in [0, 0.1) is 27.7 Å². The molecule has 2 rings (SSSR count). The van der Waals surface area contributed by atoms with Gasteiger partial charge in [-0.2, -0.15) is 0 Å². The molecule has 0 saturated heterocycles. The van der Waals surface area contributed by atoms with Crippen molar-refractivity contribution in [2.75, 3.05) is 13.1 Å². The van der Waals surface area contributed by atoms with Gasteiger partial charge in [0.25, 0.3) is 0 Å². The number of benzene rings is 2. The van der Waals surface area contributed by atoms with Crippen molar-refractivity contribution in [2.24, 2.45) is 0 Å². The Kier molecular flexibility index (Phi) is 6.23. The maximum atomic E-state index is 12.3. The fourth-order valence-electron chi connectivity index (χ4n) is 2.30. The predicted molar refractivity (Wildman–Crippen MR) is 102 cm³/mol. The summed E-state index contributed by atoms with van der Waals surface area (Å²) in [5.74, 6) is 0. The molecule has 6 nitrogen and oxygen atoms in total. The second kappa shape index (κ2) is 7.87. The Morgan fingerprint density at radius 2 is 0.962 bits per heavy atom. The Hall–Kier alpha value is -1.74. The molecule has 0 saturated carbocycles. The molecule has 0 atom stereocenters. The summed E-state index contributed by atoms with van der Waals surface area (Å²) in [4.78, 5) is 0.329. The van der Waals surface area contributed by atoms with Gasteiger partial charge in [0.15, 0.2) is 0 Å². The summed E-state index contributed by atoms with van der Waals surface area (Å²) in [6, 6.07) is 9.74. The van der Waals surface area contributed by atoms with E-state index < -0.39 is 20.0 Å². The van der Waals surface area contributed by atoms with Crippen LogP contribution < -0.4 is 9.44 Å². The minimum atomic E-state index is -3.68. The number of hydrogen-bond acceptors (Lipinski definition) is 4. The van der Waals surface area contributed by atoms with E-state index in [-0.39, 0.29) is 22.9 Å². The Bertz CT molecular complexity index is 930. The highest BCUT2D eigenvalue weighted by Gasteiger charge is 2.16. The minimum absolute atomic E-state index is 0.0423. The lowest BCUT2D eigenvalue weighted by Crippen LogP contribution is -2.34. The number of sulfonamides is 2. The van der Waals surface area contributed by atoms with Gasteiger partial charge in [-0.1, -0.05) is 12.1 Å². The van der Waals surface area contributed by atoms with E-state index in [4.69, 9.17) is 0 Å². The molecule has 0 spiro atoms. The molecule has 0 aliphatic rings. The molecular formula is C18H24N2O4S2. The van der Waals surface area contributed by atoms with Crippen LogP contribution in [0.25, 0.3) is 0 Å². The van der Waals surface area contributed by atoms with Gasteiger partial charge in [-0.05, 0) is 74.2 Å². The van der Waals surface area contributed by atoms with Gasteiger partial charge in [0, 0.05) is 13.1 Å². The van der Waals surface area contributed by atoms with E-state index in [0.717, 1.165) is 22.3 Å². The number of nitrogens with one attached hydrogen (secondary N) is 2.